The second kappa shape index (κ2) is 7.27. The number of quaternary nitrogens is 1. The highest BCUT2D eigenvalue weighted by molar-refractivity contribution is 5.99. The smallest absolute Gasteiger partial charge is 0.208 e. The summed E-state index contributed by atoms with van der Waals surface area (Å²) in [5, 5.41) is 7.37. The summed E-state index contributed by atoms with van der Waals surface area (Å²) < 4.78 is 12.7. The number of furan rings is 1. The van der Waals surface area contributed by atoms with Crippen LogP contribution in [0.5, 0.6) is 5.75 Å². The normalized spacial score (nSPS) is 26.9. The molecule has 0 saturated carbocycles. The monoisotopic (exact) mass is 414 g/mol. The van der Waals surface area contributed by atoms with Crippen LogP contribution in [0.2, 0.25) is 0 Å². The highest BCUT2D eigenvalue weighted by Gasteiger charge is 2.53. The maximum Gasteiger partial charge on any atom is 0.208 e. The van der Waals surface area contributed by atoms with Crippen molar-refractivity contribution in [3.05, 3.63) is 89.4 Å². The number of ether oxygens (including phenoxy) is 1. The van der Waals surface area contributed by atoms with E-state index in [2.05, 4.69) is 59.6 Å². The van der Waals surface area contributed by atoms with Gasteiger partial charge in [-0.15, -0.1) is 0 Å². The van der Waals surface area contributed by atoms with Crippen molar-refractivity contribution in [1.29, 1.82) is 0 Å². The minimum atomic E-state index is -0.372. The zero-order chi connectivity index (χ0) is 20.8. The van der Waals surface area contributed by atoms with E-state index in [4.69, 9.17) is 14.3 Å². The van der Waals surface area contributed by atoms with Gasteiger partial charge in [-0.2, -0.15) is 5.10 Å². The predicted molar refractivity (Wildman–Crippen MR) is 119 cm³/mol. The molecule has 3 aliphatic heterocycles. The average molecular weight is 415 g/mol. The van der Waals surface area contributed by atoms with Gasteiger partial charge in [0.15, 0.2) is 0 Å². The molecule has 6 rings (SSSR count). The molecule has 158 valence electrons. The number of hydrogen-bond donors (Lipinski definition) is 1. The van der Waals surface area contributed by atoms with Gasteiger partial charge >= 0.3 is 0 Å². The van der Waals surface area contributed by atoms with Crippen LogP contribution in [0.25, 0.3) is 0 Å². The molecule has 5 heteroatoms. The standard InChI is InChI=1S/C26H27N3O2/c1-19-11-12-25(30-19)22-17-23-21-9-5-6-10-24(21)31-26(29(23)27-22)13-15-28(16-14-26)18-20-7-3-2-4-8-20/h2-12,23H,13-18H2,1H3/p+1/t23-/m1/s1. The van der Waals surface area contributed by atoms with E-state index in [-0.39, 0.29) is 11.8 Å². The lowest BCUT2D eigenvalue weighted by Crippen LogP contribution is -3.12. The maximum absolute atomic E-state index is 6.74. The molecule has 1 fully saturated rings. The highest BCUT2D eigenvalue weighted by atomic mass is 16.5. The first-order valence-corrected chi connectivity index (χ1v) is 11.3. The Labute approximate surface area is 182 Å². The fourth-order valence-corrected chi connectivity index (χ4v) is 5.35. The molecule has 0 unspecified atom stereocenters. The van der Waals surface area contributed by atoms with Gasteiger partial charge < -0.3 is 14.1 Å². The number of aryl methyl sites for hydroxylation is 1. The third-order valence-electron chi connectivity index (χ3n) is 6.97. The number of likely N-dealkylation sites (tertiary alicyclic amines) is 1. The third kappa shape index (κ3) is 3.24. The summed E-state index contributed by atoms with van der Waals surface area (Å²) in [6, 6.07) is 23.5. The maximum atomic E-state index is 6.74. The first-order valence-electron chi connectivity index (χ1n) is 11.3. The molecule has 3 aliphatic rings. The Balaban J connectivity index is 1.29. The van der Waals surface area contributed by atoms with E-state index in [0.29, 0.717) is 0 Å². The molecule has 1 saturated heterocycles. The van der Waals surface area contributed by atoms with Crippen molar-refractivity contribution in [2.75, 3.05) is 13.1 Å². The van der Waals surface area contributed by atoms with Gasteiger partial charge in [0.05, 0.1) is 32.0 Å². The summed E-state index contributed by atoms with van der Waals surface area (Å²) in [5.41, 5.74) is 3.28. The van der Waals surface area contributed by atoms with E-state index >= 15 is 0 Å². The van der Waals surface area contributed by atoms with E-state index in [9.17, 15) is 0 Å². The van der Waals surface area contributed by atoms with Crippen LogP contribution in [0.3, 0.4) is 0 Å². The molecule has 5 nitrogen and oxygen atoms in total. The van der Waals surface area contributed by atoms with Crippen molar-refractivity contribution in [3.63, 3.8) is 0 Å². The van der Waals surface area contributed by atoms with Crippen molar-refractivity contribution < 1.29 is 14.1 Å². The van der Waals surface area contributed by atoms with Crippen molar-refractivity contribution in [1.82, 2.24) is 5.01 Å². The quantitative estimate of drug-likeness (QED) is 0.711. The fourth-order valence-electron chi connectivity index (χ4n) is 5.35. The largest absolute Gasteiger partial charge is 0.466 e. The van der Waals surface area contributed by atoms with E-state index in [1.807, 2.05) is 19.1 Å². The van der Waals surface area contributed by atoms with Crippen molar-refractivity contribution in [2.45, 2.75) is 44.5 Å². The van der Waals surface area contributed by atoms with Gasteiger partial charge in [0.25, 0.3) is 0 Å². The molecule has 0 radical (unpaired) electrons. The number of nitrogens with zero attached hydrogens (tertiary/aromatic N) is 2. The van der Waals surface area contributed by atoms with E-state index < -0.39 is 0 Å². The Kier molecular flexibility index (Phi) is 4.39. The van der Waals surface area contributed by atoms with Crippen molar-refractivity contribution in [2.24, 2.45) is 5.10 Å². The third-order valence-corrected chi connectivity index (χ3v) is 6.97. The molecule has 1 atom stereocenters. The molecule has 0 amide bonds. The first-order chi connectivity index (χ1) is 15.2. The summed E-state index contributed by atoms with van der Waals surface area (Å²) in [7, 11) is 0. The predicted octanol–water partition coefficient (Wildman–Crippen LogP) is 3.71. The van der Waals surface area contributed by atoms with Crippen LogP contribution in [0.1, 0.15) is 48.0 Å². The Morgan fingerprint density at radius 1 is 1.00 bits per heavy atom. The summed E-state index contributed by atoms with van der Waals surface area (Å²) in [6.45, 7) is 5.20. The highest BCUT2D eigenvalue weighted by Crippen LogP contribution is 2.49. The van der Waals surface area contributed by atoms with Gasteiger partial charge in [-0.3, -0.25) is 0 Å². The second-order valence-electron chi connectivity index (χ2n) is 9.02. The fraction of sp³-hybridized carbons (Fsp3) is 0.346. The Morgan fingerprint density at radius 3 is 2.55 bits per heavy atom. The molecule has 0 bridgehead atoms. The first kappa shape index (κ1) is 18.7. The van der Waals surface area contributed by atoms with E-state index in [1.54, 1.807) is 4.90 Å². The van der Waals surface area contributed by atoms with Crippen molar-refractivity contribution in [3.8, 4) is 5.75 Å². The van der Waals surface area contributed by atoms with Gasteiger partial charge in [0.2, 0.25) is 5.72 Å². The molecule has 3 aromatic rings. The van der Waals surface area contributed by atoms with Crippen LogP contribution in [0, 0.1) is 6.92 Å². The molecule has 1 aromatic heterocycles. The van der Waals surface area contributed by atoms with Crippen LogP contribution in [-0.2, 0) is 6.54 Å². The van der Waals surface area contributed by atoms with Gasteiger partial charge in [0.1, 0.15) is 29.5 Å². The number of benzene rings is 2. The number of rotatable bonds is 3. The Bertz CT molecular complexity index is 1110. The lowest BCUT2D eigenvalue weighted by molar-refractivity contribution is -0.921. The molecule has 2 aromatic carbocycles. The number of hydrogen-bond acceptors (Lipinski definition) is 4. The summed E-state index contributed by atoms with van der Waals surface area (Å²) in [5.74, 6) is 2.82. The number of hydrazone groups is 1. The van der Waals surface area contributed by atoms with Crippen LogP contribution < -0.4 is 9.64 Å². The SMILES string of the molecule is Cc1ccc(C2=NN3[C@H](C2)c2ccccc2OC32CC[NH+](Cc3ccccc3)CC2)o1. The molecular formula is C26H28N3O2+. The van der Waals surface area contributed by atoms with Gasteiger partial charge in [-0.1, -0.05) is 48.5 Å². The molecule has 1 spiro atoms. The molecule has 31 heavy (non-hydrogen) atoms. The number of fused-ring (bicyclic) bond motifs is 4. The lowest BCUT2D eigenvalue weighted by atomic mass is 9.91. The Morgan fingerprint density at radius 2 is 1.77 bits per heavy atom. The zero-order valence-electron chi connectivity index (χ0n) is 17.9. The number of piperidine rings is 1. The van der Waals surface area contributed by atoms with Gasteiger partial charge in [-0.25, -0.2) is 5.01 Å². The zero-order valence-corrected chi connectivity index (χ0v) is 17.9. The molecule has 4 heterocycles. The lowest BCUT2D eigenvalue weighted by Gasteiger charge is -2.50. The summed E-state index contributed by atoms with van der Waals surface area (Å²) in [4.78, 5) is 1.61. The van der Waals surface area contributed by atoms with Gasteiger partial charge in [-0.05, 0) is 25.1 Å². The van der Waals surface area contributed by atoms with Crippen LogP contribution >= 0.6 is 0 Å². The molecule has 1 N–H and O–H groups in total. The van der Waals surface area contributed by atoms with E-state index in [0.717, 1.165) is 61.9 Å². The van der Waals surface area contributed by atoms with Crippen molar-refractivity contribution >= 4 is 5.71 Å². The van der Waals surface area contributed by atoms with Crippen LogP contribution in [0.4, 0.5) is 0 Å². The number of nitrogens with one attached hydrogen (secondary N) is 1. The van der Waals surface area contributed by atoms with E-state index in [1.165, 1.54) is 11.1 Å². The minimum absolute atomic E-state index is 0.209. The minimum Gasteiger partial charge on any atom is -0.466 e. The summed E-state index contributed by atoms with van der Waals surface area (Å²) >= 11 is 0. The molecule has 0 aliphatic carbocycles. The topological polar surface area (TPSA) is 42.4 Å². The second-order valence-corrected chi connectivity index (χ2v) is 9.02. The molecular weight excluding hydrogens is 386 g/mol. The number of para-hydroxylation sites is 1. The van der Waals surface area contributed by atoms with Crippen LogP contribution in [0.15, 0.2) is 76.2 Å². The average Bonchev–Trinajstić information content (AvgIpc) is 3.44. The van der Waals surface area contributed by atoms with Gasteiger partial charge in [0, 0.05) is 17.5 Å². The Hall–Kier alpha value is -3.05. The summed E-state index contributed by atoms with van der Waals surface area (Å²) in [6.07, 6.45) is 2.79. The van der Waals surface area contributed by atoms with Crippen LogP contribution in [-0.4, -0.2) is 29.5 Å².